The number of hydrogen-bond acceptors (Lipinski definition) is 5. The number of piperazine rings is 1. The van der Waals surface area contributed by atoms with E-state index in [1.165, 1.54) is 0 Å². The van der Waals surface area contributed by atoms with Gasteiger partial charge in [0.25, 0.3) is 0 Å². The molecule has 2 rings (SSSR count). The standard InChI is InChI=1S/C13H21N5S/c1-4-17-5-6-18(8-10(17)3)13-15-9(2)7-11(16-13)12(14)19/h7,10H,4-6,8H2,1-3H3,(H2,14,19). The van der Waals surface area contributed by atoms with Gasteiger partial charge in [0.2, 0.25) is 5.95 Å². The molecule has 0 bridgehead atoms. The summed E-state index contributed by atoms with van der Waals surface area (Å²) < 4.78 is 0. The van der Waals surface area contributed by atoms with Gasteiger partial charge in [0.15, 0.2) is 0 Å². The molecule has 0 amide bonds. The summed E-state index contributed by atoms with van der Waals surface area (Å²) in [7, 11) is 0. The Kier molecular flexibility index (Phi) is 4.31. The van der Waals surface area contributed by atoms with Gasteiger partial charge in [0, 0.05) is 31.4 Å². The number of hydrogen-bond donors (Lipinski definition) is 1. The predicted octanol–water partition coefficient (Wildman–Crippen LogP) is 0.950. The van der Waals surface area contributed by atoms with Crippen LogP contribution in [-0.2, 0) is 0 Å². The molecule has 6 heteroatoms. The fourth-order valence-corrected chi connectivity index (χ4v) is 2.57. The molecule has 1 aliphatic heterocycles. The molecule has 2 heterocycles. The van der Waals surface area contributed by atoms with Crippen molar-refractivity contribution in [2.45, 2.75) is 26.8 Å². The van der Waals surface area contributed by atoms with E-state index in [4.69, 9.17) is 18.0 Å². The van der Waals surface area contributed by atoms with E-state index in [0.717, 1.165) is 37.8 Å². The van der Waals surface area contributed by atoms with Crippen LogP contribution < -0.4 is 10.6 Å². The van der Waals surface area contributed by atoms with Crippen LogP contribution in [0.3, 0.4) is 0 Å². The summed E-state index contributed by atoms with van der Waals surface area (Å²) in [5, 5.41) is 0. The molecule has 0 aliphatic carbocycles. The van der Waals surface area contributed by atoms with Crippen molar-refractivity contribution in [3.63, 3.8) is 0 Å². The number of likely N-dealkylation sites (N-methyl/N-ethyl adjacent to an activating group) is 1. The number of aromatic nitrogens is 2. The van der Waals surface area contributed by atoms with Crippen LogP contribution in [0.4, 0.5) is 5.95 Å². The summed E-state index contributed by atoms with van der Waals surface area (Å²) in [6.45, 7) is 10.4. The summed E-state index contributed by atoms with van der Waals surface area (Å²) in [4.78, 5) is 14.0. The molecule has 1 aromatic heterocycles. The molecule has 104 valence electrons. The minimum Gasteiger partial charge on any atom is -0.388 e. The van der Waals surface area contributed by atoms with E-state index in [-0.39, 0.29) is 0 Å². The monoisotopic (exact) mass is 279 g/mol. The van der Waals surface area contributed by atoms with E-state index in [2.05, 4.69) is 33.6 Å². The van der Waals surface area contributed by atoms with Crippen LogP contribution in [0.5, 0.6) is 0 Å². The molecular formula is C13H21N5S. The van der Waals surface area contributed by atoms with Gasteiger partial charge in [-0.25, -0.2) is 9.97 Å². The van der Waals surface area contributed by atoms with Crippen LogP contribution in [0.2, 0.25) is 0 Å². The van der Waals surface area contributed by atoms with Crippen LogP contribution in [0.25, 0.3) is 0 Å². The van der Waals surface area contributed by atoms with Gasteiger partial charge >= 0.3 is 0 Å². The van der Waals surface area contributed by atoms with Crippen LogP contribution >= 0.6 is 12.2 Å². The predicted molar refractivity (Wildman–Crippen MR) is 81.6 cm³/mol. The molecule has 1 atom stereocenters. The third kappa shape index (κ3) is 3.19. The van der Waals surface area contributed by atoms with E-state index >= 15 is 0 Å². The van der Waals surface area contributed by atoms with Gasteiger partial charge < -0.3 is 10.6 Å². The van der Waals surface area contributed by atoms with Crippen molar-refractivity contribution in [2.75, 3.05) is 31.1 Å². The summed E-state index contributed by atoms with van der Waals surface area (Å²) >= 11 is 5.00. The van der Waals surface area contributed by atoms with Gasteiger partial charge in [-0.2, -0.15) is 0 Å². The van der Waals surface area contributed by atoms with Gasteiger partial charge in [-0.05, 0) is 26.5 Å². The van der Waals surface area contributed by atoms with Crippen molar-refractivity contribution in [1.29, 1.82) is 0 Å². The number of nitrogens with two attached hydrogens (primary N) is 1. The molecule has 1 unspecified atom stereocenters. The molecule has 0 aromatic carbocycles. The highest BCUT2D eigenvalue weighted by atomic mass is 32.1. The van der Waals surface area contributed by atoms with Gasteiger partial charge in [-0.15, -0.1) is 0 Å². The fraction of sp³-hybridized carbons (Fsp3) is 0.615. The number of rotatable bonds is 3. The molecule has 5 nitrogen and oxygen atoms in total. The third-order valence-electron chi connectivity index (χ3n) is 3.55. The van der Waals surface area contributed by atoms with E-state index in [0.29, 0.717) is 16.7 Å². The molecule has 19 heavy (non-hydrogen) atoms. The smallest absolute Gasteiger partial charge is 0.226 e. The molecule has 0 radical (unpaired) electrons. The second-order valence-electron chi connectivity index (χ2n) is 4.98. The molecule has 0 spiro atoms. The molecule has 1 aliphatic rings. The Labute approximate surface area is 119 Å². The Balaban J connectivity index is 2.21. The highest BCUT2D eigenvalue weighted by Crippen LogP contribution is 2.16. The quantitative estimate of drug-likeness (QED) is 0.831. The Morgan fingerprint density at radius 3 is 2.79 bits per heavy atom. The van der Waals surface area contributed by atoms with E-state index in [1.807, 2.05) is 13.0 Å². The highest BCUT2D eigenvalue weighted by Gasteiger charge is 2.24. The largest absolute Gasteiger partial charge is 0.388 e. The lowest BCUT2D eigenvalue weighted by molar-refractivity contribution is 0.198. The number of thiocarbonyl (C=S) groups is 1. The van der Waals surface area contributed by atoms with Gasteiger partial charge in [-0.3, -0.25) is 4.90 Å². The first kappa shape index (κ1) is 14.1. The van der Waals surface area contributed by atoms with Crippen molar-refractivity contribution >= 4 is 23.2 Å². The zero-order chi connectivity index (χ0) is 14.0. The van der Waals surface area contributed by atoms with E-state index in [1.54, 1.807) is 0 Å². The topological polar surface area (TPSA) is 58.3 Å². The first-order valence-electron chi connectivity index (χ1n) is 6.65. The van der Waals surface area contributed by atoms with Crippen molar-refractivity contribution in [3.8, 4) is 0 Å². The third-order valence-corrected chi connectivity index (χ3v) is 3.76. The minimum atomic E-state index is 0.326. The Morgan fingerprint density at radius 2 is 2.21 bits per heavy atom. The zero-order valence-electron chi connectivity index (χ0n) is 11.8. The Hall–Kier alpha value is -1.27. The van der Waals surface area contributed by atoms with Gasteiger partial charge in [0.05, 0.1) is 0 Å². The molecule has 0 saturated carbocycles. The SMILES string of the molecule is CCN1CCN(c2nc(C)cc(C(N)=S)n2)CC1C. The molecule has 2 N–H and O–H groups in total. The average Bonchev–Trinajstić information content (AvgIpc) is 2.37. The Bertz CT molecular complexity index is 476. The maximum atomic E-state index is 5.67. The fourth-order valence-electron chi connectivity index (χ4n) is 2.47. The average molecular weight is 279 g/mol. The van der Waals surface area contributed by atoms with E-state index < -0.39 is 0 Å². The molecule has 1 saturated heterocycles. The van der Waals surface area contributed by atoms with Crippen LogP contribution in [0.15, 0.2) is 6.07 Å². The van der Waals surface area contributed by atoms with E-state index in [9.17, 15) is 0 Å². The normalized spacial score (nSPS) is 20.6. The first-order valence-corrected chi connectivity index (χ1v) is 7.06. The summed E-state index contributed by atoms with van der Waals surface area (Å²) in [5.41, 5.74) is 7.22. The lowest BCUT2D eigenvalue weighted by atomic mass is 10.2. The van der Waals surface area contributed by atoms with Crippen LogP contribution in [0.1, 0.15) is 25.2 Å². The summed E-state index contributed by atoms with van der Waals surface area (Å²) in [6.07, 6.45) is 0. The zero-order valence-corrected chi connectivity index (χ0v) is 12.6. The minimum absolute atomic E-state index is 0.326. The summed E-state index contributed by atoms with van der Waals surface area (Å²) in [5.74, 6) is 0.741. The second kappa shape index (κ2) is 5.79. The second-order valence-corrected chi connectivity index (χ2v) is 5.42. The lowest BCUT2D eigenvalue weighted by Crippen LogP contribution is -2.52. The van der Waals surface area contributed by atoms with Crippen molar-refractivity contribution in [3.05, 3.63) is 17.5 Å². The maximum Gasteiger partial charge on any atom is 0.226 e. The van der Waals surface area contributed by atoms with Crippen molar-refractivity contribution < 1.29 is 0 Å². The lowest BCUT2D eigenvalue weighted by Gasteiger charge is -2.39. The number of nitrogens with zero attached hydrogens (tertiary/aromatic N) is 4. The first-order chi connectivity index (χ1) is 9.01. The Morgan fingerprint density at radius 1 is 1.47 bits per heavy atom. The highest BCUT2D eigenvalue weighted by molar-refractivity contribution is 7.80. The molecule has 1 fully saturated rings. The van der Waals surface area contributed by atoms with Gasteiger partial charge in [-0.1, -0.05) is 19.1 Å². The van der Waals surface area contributed by atoms with Crippen molar-refractivity contribution in [1.82, 2.24) is 14.9 Å². The van der Waals surface area contributed by atoms with Crippen molar-refractivity contribution in [2.24, 2.45) is 5.73 Å². The van der Waals surface area contributed by atoms with Crippen LogP contribution in [-0.4, -0.2) is 52.1 Å². The van der Waals surface area contributed by atoms with Gasteiger partial charge in [0.1, 0.15) is 10.7 Å². The molecular weight excluding hydrogens is 258 g/mol. The molecule has 1 aromatic rings. The number of aryl methyl sites for hydroxylation is 1. The van der Waals surface area contributed by atoms with Crippen LogP contribution in [0, 0.1) is 6.92 Å². The maximum absolute atomic E-state index is 5.67. The summed E-state index contributed by atoms with van der Waals surface area (Å²) in [6, 6.07) is 2.34. The number of anilines is 1.